The molecule has 1 heterocycles. The van der Waals surface area contributed by atoms with Gasteiger partial charge in [-0.3, -0.25) is 4.90 Å². The summed E-state index contributed by atoms with van der Waals surface area (Å²) in [5.74, 6) is 0. The van der Waals surface area contributed by atoms with E-state index in [2.05, 4.69) is 44.8 Å². The predicted molar refractivity (Wildman–Crippen MR) is 58.0 cm³/mol. The summed E-state index contributed by atoms with van der Waals surface area (Å²) in [5, 5.41) is 3.48. The van der Waals surface area contributed by atoms with Gasteiger partial charge in [0.05, 0.1) is 0 Å². The first-order chi connectivity index (χ1) is 5.93. The van der Waals surface area contributed by atoms with Crippen LogP contribution in [0.3, 0.4) is 0 Å². The van der Waals surface area contributed by atoms with Gasteiger partial charge in [-0.25, -0.2) is 0 Å². The largest absolute Gasteiger partial charge is 0.314 e. The van der Waals surface area contributed by atoms with E-state index >= 15 is 0 Å². The summed E-state index contributed by atoms with van der Waals surface area (Å²) >= 11 is 0. The van der Waals surface area contributed by atoms with Gasteiger partial charge in [0, 0.05) is 31.7 Å². The Balaban J connectivity index is 2.67. The Hall–Kier alpha value is -0.0800. The minimum absolute atomic E-state index is 0.387. The molecule has 1 aliphatic heterocycles. The zero-order valence-electron chi connectivity index (χ0n) is 9.72. The molecule has 0 radical (unpaired) electrons. The summed E-state index contributed by atoms with van der Waals surface area (Å²) in [7, 11) is 0. The summed E-state index contributed by atoms with van der Waals surface area (Å²) in [6.07, 6.45) is 0. The van der Waals surface area contributed by atoms with Gasteiger partial charge < -0.3 is 5.32 Å². The van der Waals surface area contributed by atoms with E-state index < -0.39 is 0 Å². The van der Waals surface area contributed by atoms with Gasteiger partial charge in [0.15, 0.2) is 0 Å². The molecule has 0 spiro atoms. The van der Waals surface area contributed by atoms with E-state index in [1.165, 1.54) is 6.54 Å². The Morgan fingerprint density at radius 1 is 1.31 bits per heavy atom. The molecule has 1 saturated heterocycles. The summed E-state index contributed by atoms with van der Waals surface area (Å²) in [6, 6.07) is 1.35. The highest BCUT2D eigenvalue weighted by molar-refractivity contribution is 4.89. The van der Waals surface area contributed by atoms with E-state index in [1.807, 2.05) is 0 Å². The van der Waals surface area contributed by atoms with Gasteiger partial charge in [-0.2, -0.15) is 0 Å². The second kappa shape index (κ2) is 3.97. The highest BCUT2D eigenvalue weighted by Crippen LogP contribution is 2.26. The van der Waals surface area contributed by atoms with Crippen LogP contribution in [-0.4, -0.2) is 36.6 Å². The lowest BCUT2D eigenvalue weighted by atomic mass is 9.84. The van der Waals surface area contributed by atoms with Gasteiger partial charge in [0.25, 0.3) is 0 Å². The van der Waals surface area contributed by atoms with Crippen LogP contribution in [0, 0.1) is 5.41 Å². The SMILES string of the molecule is CC(C)N1CCNCC1C(C)(C)C. The van der Waals surface area contributed by atoms with Gasteiger partial charge in [-0.1, -0.05) is 20.8 Å². The third-order valence-electron chi connectivity index (χ3n) is 2.95. The molecule has 1 fully saturated rings. The number of piperazine rings is 1. The molecule has 0 saturated carbocycles. The zero-order chi connectivity index (χ0) is 10.1. The van der Waals surface area contributed by atoms with E-state index in [-0.39, 0.29) is 0 Å². The minimum atomic E-state index is 0.387. The van der Waals surface area contributed by atoms with Crippen LogP contribution in [-0.2, 0) is 0 Å². The van der Waals surface area contributed by atoms with Crippen molar-refractivity contribution >= 4 is 0 Å². The van der Waals surface area contributed by atoms with E-state index in [9.17, 15) is 0 Å². The maximum absolute atomic E-state index is 3.48. The highest BCUT2D eigenvalue weighted by Gasteiger charge is 2.33. The van der Waals surface area contributed by atoms with Crippen LogP contribution in [0.5, 0.6) is 0 Å². The van der Waals surface area contributed by atoms with Crippen LogP contribution in [0.1, 0.15) is 34.6 Å². The monoisotopic (exact) mass is 184 g/mol. The average molecular weight is 184 g/mol. The fourth-order valence-corrected chi connectivity index (χ4v) is 2.14. The van der Waals surface area contributed by atoms with Gasteiger partial charge >= 0.3 is 0 Å². The smallest absolute Gasteiger partial charge is 0.0272 e. The third kappa shape index (κ3) is 2.68. The van der Waals surface area contributed by atoms with Gasteiger partial charge in [0.2, 0.25) is 0 Å². The Kier molecular flexibility index (Phi) is 3.36. The van der Waals surface area contributed by atoms with Gasteiger partial charge in [-0.15, -0.1) is 0 Å². The zero-order valence-corrected chi connectivity index (χ0v) is 9.72. The molecule has 0 aliphatic carbocycles. The van der Waals surface area contributed by atoms with Crippen molar-refractivity contribution in [1.82, 2.24) is 10.2 Å². The molecule has 0 bridgehead atoms. The van der Waals surface area contributed by atoms with Crippen molar-refractivity contribution in [2.75, 3.05) is 19.6 Å². The van der Waals surface area contributed by atoms with E-state index in [0.717, 1.165) is 13.1 Å². The van der Waals surface area contributed by atoms with Crippen LogP contribution >= 0.6 is 0 Å². The highest BCUT2D eigenvalue weighted by atomic mass is 15.2. The first-order valence-electron chi connectivity index (χ1n) is 5.39. The number of hydrogen-bond donors (Lipinski definition) is 1. The molecule has 1 aliphatic rings. The predicted octanol–water partition coefficient (Wildman–Crippen LogP) is 1.71. The molecule has 1 unspecified atom stereocenters. The molecule has 0 aromatic rings. The minimum Gasteiger partial charge on any atom is -0.314 e. The van der Waals surface area contributed by atoms with Crippen LogP contribution in [0.25, 0.3) is 0 Å². The van der Waals surface area contributed by atoms with Crippen LogP contribution in [0.15, 0.2) is 0 Å². The van der Waals surface area contributed by atoms with Crippen molar-refractivity contribution in [3.63, 3.8) is 0 Å². The first-order valence-corrected chi connectivity index (χ1v) is 5.39. The lowest BCUT2D eigenvalue weighted by molar-refractivity contribution is 0.0498. The van der Waals surface area contributed by atoms with Crippen molar-refractivity contribution in [2.45, 2.75) is 46.7 Å². The van der Waals surface area contributed by atoms with E-state index in [0.29, 0.717) is 17.5 Å². The number of nitrogens with zero attached hydrogens (tertiary/aromatic N) is 1. The molecule has 2 heteroatoms. The van der Waals surface area contributed by atoms with E-state index in [4.69, 9.17) is 0 Å². The molecule has 2 nitrogen and oxygen atoms in total. The van der Waals surface area contributed by atoms with Gasteiger partial charge in [-0.05, 0) is 19.3 Å². The quantitative estimate of drug-likeness (QED) is 0.667. The van der Waals surface area contributed by atoms with Crippen LogP contribution in [0.4, 0.5) is 0 Å². The summed E-state index contributed by atoms with van der Waals surface area (Å²) in [6.45, 7) is 15.1. The molecule has 78 valence electrons. The molecule has 0 aromatic carbocycles. The first kappa shape index (κ1) is 11.0. The normalized spacial score (nSPS) is 26.8. The molecule has 1 atom stereocenters. The lowest BCUT2D eigenvalue weighted by Gasteiger charge is -2.45. The molecule has 1 N–H and O–H groups in total. The van der Waals surface area contributed by atoms with E-state index in [1.54, 1.807) is 0 Å². The molecule has 0 aromatic heterocycles. The summed E-state index contributed by atoms with van der Waals surface area (Å²) in [4.78, 5) is 2.62. The Morgan fingerprint density at radius 3 is 2.31 bits per heavy atom. The van der Waals surface area contributed by atoms with Crippen LogP contribution < -0.4 is 5.32 Å². The van der Waals surface area contributed by atoms with Crippen molar-refractivity contribution in [3.05, 3.63) is 0 Å². The Bertz CT molecular complexity index is 158. The fraction of sp³-hybridized carbons (Fsp3) is 1.00. The summed E-state index contributed by atoms with van der Waals surface area (Å²) in [5.41, 5.74) is 0.387. The second-order valence-electron chi connectivity index (χ2n) is 5.42. The number of hydrogen-bond acceptors (Lipinski definition) is 2. The molecule has 1 rings (SSSR count). The maximum Gasteiger partial charge on any atom is 0.0272 e. The Labute approximate surface area is 82.7 Å². The molecular formula is C11H24N2. The van der Waals surface area contributed by atoms with Crippen molar-refractivity contribution in [2.24, 2.45) is 5.41 Å². The third-order valence-corrected chi connectivity index (χ3v) is 2.95. The molecule has 13 heavy (non-hydrogen) atoms. The average Bonchev–Trinajstić information content (AvgIpc) is 2.03. The maximum atomic E-state index is 3.48. The van der Waals surface area contributed by atoms with Gasteiger partial charge in [0.1, 0.15) is 0 Å². The second-order valence-corrected chi connectivity index (χ2v) is 5.42. The van der Waals surface area contributed by atoms with Crippen molar-refractivity contribution in [1.29, 1.82) is 0 Å². The lowest BCUT2D eigenvalue weighted by Crippen LogP contribution is -2.58. The van der Waals surface area contributed by atoms with Crippen LogP contribution in [0.2, 0.25) is 0 Å². The number of nitrogens with one attached hydrogen (secondary N) is 1. The molecule has 0 amide bonds. The number of rotatable bonds is 1. The summed E-state index contributed by atoms with van der Waals surface area (Å²) < 4.78 is 0. The standard InChI is InChI=1S/C11H24N2/c1-9(2)13-7-6-12-8-10(13)11(3,4)5/h9-10,12H,6-8H2,1-5H3. The van der Waals surface area contributed by atoms with Crippen molar-refractivity contribution < 1.29 is 0 Å². The molecular weight excluding hydrogens is 160 g/mol. The van der Waals surface area contributed by atoms with Crippen molar-refractivity contribution in [3.8, 4) is 0 Å². The fourth-order valence-electron chi connectivity index (χ4n) is 2.14. The topological polar surface area (TPSA) is 15.3 Å². The Morgan fingerprint density at radius 2 is 1.92 bits per heavy atom.